The second-order valence-electron chi connectivity index (χ2n) is 4.78. The topological polar surface area (TPSA) is 15.6 Å². The summed E-state index contributed by atoms with van der Waals surface area (Å²) in [7, 11) is 0. The molecule has 2 aromatic rings. The molecule has 1 unspecified atom stereocenters. The fourth-order valence-corrected chi connectivity index (χ4v) is 3.83. The number of aliphatic imine (C=N–C) groups is 1. The first-order valence-electron chi connectivity index (χ1n) is 6.83. The summed E-state index contributed by atoms with van der Waals surface area (Å²) >= 11 is 14.3. The molecule has 112 valence electrons. The molecular weight excluding hydrogens is 335 g/mol. The number of benzene rings is 2. The molecule has 0 aliphatic carbocycles. The summed E-state index contributed by atoms with van der Waals surface area (Å²) in [6.07, 6.45) is 1.92. The lowest BCUT2D eigenvalue weighted by Crippen LogP contribution is -2.32. The average molecular weight is 349 g/mol. The highest BCUT2D eigenvalue weighted by atomic mass is 35.5. The summed E-state index contributed by atoms with van der Waals surface area (Å²) in [6.45, 7) is 3.93. The van der Waals surface area contributed by atoms with Crippen LogP contribution < -0.4 is 4.90 Å². The highest BCUT2D eigenvalue weighted by Crippen LogP contribution is 2.37. The van der Waals surface area contributed by atoms with Crippen LogP contribution in [0.1, 0.15) is 0 Å². The van der Waals surface area contributed by atoms with Crippen LogP contribution in [-0.2, 0) is 0 Å². The number of nitrogens with zero attached hydrogens (tertiary/aromatic N) is 2. The molecule has 1 aliphatic rings. The van der Waals surface area contributed by atoms with E-state index < -0.39 is 0 Å². The van der Waals surface area contributed by atoms with Crippen LogP contribution in [0.2, 0.25) is 10.0 Å². The molecule has 3 rings (SSSR count). The Bertz CT molecular complexity index is 730. The van der Waals surface area contributed by atoms with E-state index in [0.717, 1.165) is 22.3 Å². The molecule has 2 aromatic carbocycles. The maximum absolute atomic E-state index is 6.36. The van der Waals surface area contributed by atoms with Crippen molar-refractivity contribution < 1.29 is 0 Å². The normalized spacial score (nSPS) is 19.6. The molecule has 0 bridgehead atoms. The Labute approximate surface area is 144 Å². The quantitative estimate of drug-likeness (QED) is 0.652. The van der Waals surface area contributed by atoms with Gasteiger partial charge in [0.2, 0.25) is 0 Å². The molecule has 2 nitrogen and oxygen atoms in total. The van der Waals surface area contributed by atoms with Gasteiger partial charge in [0, 0.05) is 5.75 Å². The van der Waals surface area contributed by atoms with Crippen LogP contribution in [0.25, 0.3) is 0 Å². The van der Waals surface area contributed by atoms with E-state index in [9.17, 15) is 0 Å². The molecule has 0 N–H and O–H groups in total. The largest absolute Gasteiger partial charge is 0.312 e. The van der Waals surface area contributed by atoms with E-state index in [1.165, 1.54) is 0 Å². The lowest BCUT2D eigenvalue weighted by atomic mass is 10.2. The maximum Gasteiger partial charge on any atom is 0.169 e. The van der Waals surface area contributed by atoms with E-state index >= 15 is 0 Å². The monoisotopic (exact) mass is 348 g/mol. The standard InChI is InChI=1S/C17H14Cl2N2S/c1-2-12-11-22-17(20-15-9-5-3-7-13(15)18)21(12)16-10-6-4-8-14(16)19/h2-10,12H,1,11H2. The Morgan fingerprint density at radius 1 is 1.09 bits per heavy atom. The lowest BCUT2D eigenvalue weighted by molar-refractivity contribution is 0.927. The predicted octanol–water partition coefficient (Wildman–Crippen LogP) is 5.79. The number of hydrogen-bond donors (Lipinski definition) is 0. The van der Waals surface area contributed by atoms with Gasteiger partial charge in [0.25, 0.3) is 0 Å². The highest BCUT2D eigenvalue weighted by molar-refractivity contribution is 8.14. The zero-order chi connectivity index (χ0) is 15.5. The molecule has 0 aromatic heterocycles. The first-order chi connectivity index (χ1) is 10.7. The van der Waals surface area contributed by atoms with E-state index in [1.54, 1.807) is 11.8 Å². The summed E-state index contributed by atoms with van der Waals surface area (Å²) < 4.78 is 0. The Balaban J connectivity index is 2.06. The zero-order valence-corrected chi connectivity index (χ0v) is 14.1. The Kier molecular flexibility index (Phi) is 4.77. The van der Waals surface area contributed by atoms with Crippen LogP contribution in [0.3, 0.4) is 0 Å². The molecule has 0 radical (unpaired) electrons. The SMILES string of the molecule is C=CC1CSC(=Nc2ccccc2Cl)N1c1ccccc1Cl. The van der Waals surface area contributed by atoms with Crippen LogP contribution in [0, 0.1) is 0 Å². The number of anilines is 1. The van der Waals surface area contributed by atoms with Crippen molar-refractivity contribution in [2.75, 3.05) is 10.7 Å². The first kappa shape index (κ1) is 15.5. The van der Waals surface area contributed by atoms with Gasteiger partial charge < -0.3 is 4.90 Å². The van der Waals surface area contributed by atoms with Gasteiger partial charge in [0.05, 0.1) is 27.5 Å². The molecule has 0 saturated carbocycles. The fourth-order valence-electron chi connectivity index (χ4n) is 2.28. The van der Waals surface area contributed by atoms with Gasteiger partial charge in [-0.05, 0) is 24.3 Å². The van der Waals surface area contributed by atoms with Crippen molar-refractivity contribution in [3.05, 3.63) is 71.2 Å². The van der Waals surface area contributed by atoms with Gasteiger partial charge in [-0.1, -0.05) is 65.3 Å². The van der Waals surface area contributed by atoms with E-state index in [1.807, 2.05) is 54.6 Å². The van der Waals surface area contributed by atoms with Crippen molar-refractivity contribution in [2.45, 2.75) is 6.04 Å². The molecule has 1 fully saturated rings. The molecule has 1 saturated heterocycles. The molecular formula is C17H14Cl2N2S. The third kappa shape index (κ3) is 3.02. The number of para-hydroxylation sites is 2. The second-order valence-corrected chi connectivity index (χ2v) is 6.58. The minimum absolute atomic E-state index is 0.158. The van der Waals surface area contributed by atoms with Crippen LogP contribution >= 0.6 is 35.0 Å². The smallest absolute Gasteiger partial charge is 0.169 e. The van der Waals surface area contributed by atoms with E-state index in [0.29, 0.717) is 10.0 Å². The van der Waals surface area contributed by atoms with Crippen molar-refractivity contribution in [3.8, 4) is 0 Å². The molecule has 5 heteroatoms. The number of halogens is 2. The van der Waals surface area contributed by atoms with E-state index in [2.05, 4.69) is 11.5 Å². The van der Waals surface area contributed by atoms with Gasteiger partial charge in [-0.15, -0.1) is 6.58 Å². The molecule has 22 heavy (non-hydrogen) atoms. The summed E-state index contributed by atoms with van der Waals surface area (Å²) in [5.74, 6) is 0.887. The Hall–Kier alpha value is -1.42. The molecule has 0 amide bonds. The van der Waals surface area contributed by atoms with Crippen LogP contribution in [-0.4, -0.2) is 17.0 Å². The zero-order valence-electron chi connectivity index (χ0n) is 11.7. The molecule has 1 aliphatic heterocycles. The van der Waals surface area contributed by atoms with Gasteiger partial charge in [-0.2, -0.15) is 0 Å². The lowest BCUT2D eigenvalue weighted by Gasteiger charge is -2.24. The predicted molar refractivity (Wildman–Crippen MR) is 98.9 cm³/mol. The number of amidine groups is 1. The molecule has 0 spiro atoms. The third-order valence-corrected chi connectivity index (χ3v) is 5.07. The van der Waals surface area contributed by atoms with Gasteiger partial charge >= 0.3 is 0 Å². The summed E-state index contributed by atoms with van der Waals surface area (Å²) in [5, 5.41) is 2.21. The average Bonchev–Trinajstić information content (AvgIpc) is 2.93. The highest BCUT2D eigenvalue weighted by Gasteiger charge is 2.30. The molecule has 1 atom stereocenters. The maximum atomic E-state index is 6.36. The third-order valence-electron chi connectivity index (χ3n) is 3.37. The van der Waals surface area contributed by atoms with Crippen LogP contribution in [0.4, 0.5) is 11.4 Å². The van der Waals surface area contributed by atoms with Gasteiger partial charge in [0.15, 0.2) is 5.17 Å². The summed E-state index contributed by atoms with van der Waals surface area (Å²) in [4.78, 5) is 6.84. The Morgan fingerprint density at radius 3 is 2.45 bits per heavy atom. The van der Waals surface area contributed by atoms with E-state index in [4.69, 9.17) is 28.2 Å². The fraction of sp³-hybridized carbons (Fsp3) is 0.118. The van der Waals surface area contributed by atoms with E-state index in [-0.39, 0.29) is 6.04 Å². The second kappa shape index (κ2) is 6.78. The molecule has 1 heterocycles. The van der Waals surface area contributed by atoms with Crippen LogP contribution in [0.15, 0.2) is 66.2 Å². The number of thioether (sulfide) groups is 1. The van der Waals surface area contributed by atoms with Gasteiger partial charge in [-0.3, -0.25) is 0 Å². The van der Waals surface area contributed by atoms with Crippen molar-refractivity contribution in [1.82, 2.24) is 0 Å². The van der Waals surface area contributed by atoms with Crippen LogP contribution in [0.5, 0.6) is 0 Å². The number of rotatable bonds is 3. The minimum Gasteiger partial charge on any atom is -0.312 e. The minimum atomic E-state index is 0.158. The van der Waals surface area contributed by atoms with Crippen molar-refractivity contribution in [3.63, 3.8) is 0 Å². The van der Waals surface area contributed by atoms with Gasteiger partial charge in [-0.25, -0.2) is 4.99 Å². The summed E-state index contributed by atoms with van der Waals surface area (Å²) in [6, 6.07) is 15.5. The number of hydrogen-bond acceptors (Lipinski definition) is 2. The Morgan fingerprint density at radius 2 is 1.77 bits per heavy atom. The van der Waals surface area contributed by atoms with Crippen molar-refractivity contribution in [1.29, 1.82) is 0 Å². The van der Waals surface area contributed by atoms with Crippen molar-refractivity contribution >= 4 is 51.5 Å². The van der Waals surface area contributed by atoms with Gasteiger partial charge in [0.1, 0.15) is 0 Å². The van der Waals surface area contributed by atoms with Crippen molar-refractivity contribution in [2.24, 2.45) is 4.99 Å². The first-order valence-corrected chi connectivity index (χ1v) is 8.57. The summed E-state index contributed by atoms with van der Waals surface area (Å²) in [5.41, 5.74) is 1.69.